The summed E-state index contributed by atoms with van der Waals surface area (Å²) in [7, 11) is -3.69. The fraction of sp³-hybridized carbons (Fsp3) is 0.200. The van der Waals surface area contributed by atoms with E-state index < -0.39 is 10.0 Å². The third-order valence-electron chi connectivity index (χ3n) is 5.47. The van der Waals surface area contributed by atoms with Crippen LogP contribution in [0.3, 0.4) is 0 Å². The second-order valence-corrected chi connectivity index (χ2v) is 9.92. The molecule has 33 heavy (non-hydrogen) atoms. The van der Waals surface area contributed by atoms with E-state index in [1.54, 1.807) is 66.7 Å². The average Bonchev–Trinajstić information content (AvgIpc) is 2.78. The summed E-state index contributed by atoms with van der Waals surface area (Å²) in [4.78, 5) is 24.3. The molecule has 0 aliphatic carbocycles. The van der Waals surface area contributed by atoms with Crippen molar-refractivity contribution in [2.75, 3.05) is 21.5 Å². The van der Waals surface area contributed by atoms with Crippen LogP contribution in [0.5, 0.6) is 0 Å². The number of amides is 2. The van der Waals surface area contributed by atoms with E-state index in [1.165, 1.54) is 11.2 Å². The molecule has 7 nitrogen and oxygen atoms in total. The van der Waals surface area contributed by atoms with E-state index in [0.717, 1.165) is 11.1 Å². The van der Waals surface area contributed by atoms with Gasteiger partial charge in [-0.25, -0.2) is 8.42 Å². The molecule has 1 aliphatic heterocycles. The van der Waals surface area contributed by atoms with Crippen molar-refractivity contribution in [3.05, 3.63) is 83.4 Å². The summed E-state index contributed by atoms with van der Waals surface area (Å²) in [5.74, 6) is -0.505. The van der Waals surface area contributed by atoms with Gasteiger partial charge in [0.05, 0.1) is 10.6 Å². The van der Waals surface area contributed by atoms with Crippen LogP contribution < -0.4 is 14.9 Å². The lowest BCUT2D eigenvalue weighted by atomic mass is 10.0. The van der Waals surface area contributed by atoms with E-state index in [2.05, 4.69) is 10.6 Å². The number of carbonyl (C=O) groups excluding carboxylic acids is 2. The number of fused-ring (bicyclic) bond motifs is 1. The normalized spacial score (nSPS) is 13.2. The molecular weight excluding hydrogens is 438 g/mol. The van der Waals surface area contributed by atoms with E-state index >= 15 is 0 Å². The number of nitrogens with zero attached hydrogens (tertiary/aromatic N) is 1. The molecule has 3 aromatic carbocycles. The molecule has 0 aromatic heterocycles. The van der Waals surface area contributed by atoms with E-state index in [4.69, 9.17) is 0 Å². The van der Waals surface area contributed by atoms with Gasteiger partial charge < -0.3 is 10.6 Å². The third-order valence-corrected chi connectivity index (χ3v) is 7.29. The van der Waals surface area contributed by atoms with Crippen LogP contribution in [0.15, 0.2) is 71.6 Å². The Morgan fingerprint density at radius 2 is 1.61 bits per heavy atom. The molecule has 170 valence electrons. The van der Waals surface area contributed by atoms with E-state index in [-0.39, 0.29) is 16.7 Å². The summed E-state index contributed by atoms with van der Waals surface area (Å²) in [6.45, 7) is 3.72. The van der Waals surface area contributed by atoms with Crippen LogP contribution in [-0.4, -0.2) is 26.8 Å². The van der Waals surface area contributed by atoms with Crippen molar-refractivity contribution in [1.82, 2.24) is 0 Å². The first-order valence-corrected chi connectivity index (χ1v) is 12.1. The van der Waals surface area contributed by atoms with Crippen molar-refractivity contribution < 1.29 is 18.0 Å². The predicted molar refractivity (Wildman–Crippen MR) is 129 cm³/mol. The molecule has 4 rings (SSSR count). The highest BCUT2D eigenvalue weighted by Crippen LogP contribution is 2.33. The van der Waals surface area contributed by atoms with Crippen LogP contribution in [0.25, 0.3) is 0 Å². The minimum Gasteiger partial charge on any atom is -0.326 e. The van der Waals surface area contributed by atoms with E-state index in [9.17, 15) is 18.0 Å². The maximum Gasteiger partial charge on any atom is 0.264 e. The molecule has 0 fully saturated rings. The van der Waals surface area contributed by atoms with Crippen LogP contribution in [-0.2, 0) is 21.2 Å². The SMILES string of the molecule is CC(=O)Nc1cccc(NC(=O)c2ccc3c(c2)CCCN3S(=O)(=O)c2ccc(C)cc2)c1. The number of nitrogens with one attached hydrogen (secondary N) is 2. The Morgan fingerprint density at radius 3 is 2.30 bits per heavy atom. The number of hydrogen-bond donors (Lipinski definition) is 2. The Balaban J connectivity index is 1.58. The molecule has 2 amide bonds. The summed E-state index contributed by atoms with van der Waals surface area (Å²) in [6, 6.07) is 18.8. The summed E-state index contributed by atoms with van der Waals surface area (Å²) in [6.07, 6.45) is 1.36. The standard InChI is InChI=1S/C25H25N3O4S/c1-17-8-11-23(12-9-17)33(31,32)28-14-4-5-19-15-20(10-13-24(19)28)25(30)27-22-7-3-6-21(16-22)26-18(2)29/h3,6-13,15-16H,4-5,14H2,1-2H3,(H,26,29)(H,27,30). The highest BCUT2D eigenvalue weighted by atomic mass is 32.2. The van der Waals surface area contributed by atoms with Gasteiger partial charge in [-0.05, 0) is 73.9 Å². The van der Waals surface area contributed by atoms with Crippen LogP contribution in [0.1, 0.15) is 34.8 Å². The minimum atomic E-state index is -3.69. The molecule has 1 heterocycles. The first-order chi connectivity index (χ1) is 15.7. The van der Waals surface area contributed by atoms with E-state index in [1.807, 2.05) is 6.92 Å². The zero-order chi connectivity index (χ0) is 23.6. The fourth-order valence-corrected chi connectivity index (χ4v) is 5.41. The number of rotatable bonds is 5. The van der Waals surface area contributed by atoms with Gasteiger partial charge in [-0.2, -0.15) is 0 Å². The van der Waals surface area contributed by atoms with Gasteiger partial charge in [0.25, 0.3) is 15.9 Å². The Hall–Kier alpha value is -3.65. The van der Waals surface area contributed by atoms with Crippen molar-refractivity contribution in [2.45, 2.75) is 31.6 Å². The van der Waals surface area contributed by atoms with Crippen LogP contribution in [0, 0.1) is 6.92 Å². The first-order valence-electron chi connectivity index (χ1n) is 10.7. The maximum absolute atomic E-state index is 13.2. The van der Waals surface area contributed by atoms with Gasteiger partial charge >= 0.3 is 0 Å². The number of carbonyl (C=O) groups is 2. The lowest BCUT2D eigenvalue weighted by molar-refractivity contribution is -0.114. The molecule has 3 aromatic rings. The maximum atomic E-state index is 13.2. The number of benzene rings is 3. The lowest BCUT2D eigenvalue weighted by Crippen LogP contribution is -2.35. The Kier molecular flexibility index (Phi) is 6.20. The fourth-order valence-electron chi connectivity index (χ4n) is 3.87. The third kappa shape index (κ3) is 4.90. The summed E-state index contributed by atoms with van der Waals surface area (Å²) in [5, 5.41) is 5.51. The van der Waals surface area contributed by atoms with Crippen LogP contribution >= 0.6 is 0 Å². The van der Waals surface area contributed by atoms with Crippen LogP contribution in [0.2, 0.25) is 0 Å². The summed E-state index contributed by atoms with van der Waals surface area (Å²) < 4.78 is 27.9. The smallest absolute Gasteiger partial charge is 0.264 e. The number of sulfonamides is 1. The molecule has 0 atom stereocenters. The second kappa shape index (κ2) is 9.07. The zero-order valence-electron chi connectivity index (χ0n) is 18.5. The molecule has 0 radical (unpaired) electrons. The van der Waals surface area contributed by atoms with Gasteiger partial charge in [-0.15, -0.1) is 0 Å². The monoisotopic (exact) mass is 463 g/mol. The van der Waals surface area contributed by atoms with Gasteiger partial charge in [0.1, 0.15) is 0 Å². The Bertz CT molecular complexity index is 1320. The molecule has 0 spiro atoms. The summed E-state index contributed by atoms with van der Waals surface area (Å²) >= 11 is 0. The molecule has 0 unspecified atom stereocenters. The van der Waals surface area contributed by atoms with Crippen molar-refractivity contribution in [1.29, 1.82) is 0 Å². The van der Waals surface area contributed by atoms with Crippen molar-refractivity contribution >= 4 is 38.9 Å². The number of aryl methyl sites for hydroxylation is 2. The van der Waals surface area contributed by atoms with Crippen molar-refractivity contribution in [3.63, 3.8) is 0 Å². The predicted octanol–water partition coefficient (Wildman–Crippen LogP) is 4.35. The molecule has 0 saturated carbocycles. The van der Waals surface area contributed by atoms with Gasteiger partial charge in [-0.1, -0.05) is 23.8 Å². The number of anilines is 3. The molecule has 0 saturated heterocycles. The molecule has 1 aliphatic rings. The minimum absolute atomic E-state index is 0.196. The second-order valence-electron chi connectivity index (χ2n) is 8.05. The van der Waals surface area contributed by atoms with Crippen molar-refractivity contribution in [2.24, 2.45) is 0 Å². The lowest BCUT2D eigenvalue weighted by Gasteiger charge is -2.30. The number of hydrogen-bond acceptors (Lipinski definition) is 4. The highest BCUT2D eigenvalue weighted by molar-refractivity contribution is 7.92. The quantitative estimate of drug-likeness (QED) is 0.588. The largest absolute Gasteiger partial charge is 0.326 e. The zero-order valence-corrected chi connectivity index (χ0v) is 19.3. The summed E-state index contributed by atoms with van der Waals surface area (Å²) in [5.41, 5.74) is 3.98. The topological polar surface area (TPSA) is 95.6 Å². The highest BCUT2D eigenvalue weighted by Gasteiger charge is 2.29. The van der Waals surface area contributed by atoms with Gasteiger partial charge in [0.15, 0.2) is 0 Å². The average molecular weight is 464 g/mol. The van der Waals surface area contributed by atoms with E-state index in [0.29, 0.717) is 42.0 Å². The van der Waals surface area contributed by atoms with Crippen LogP contribution in [0.4, 0.5) is 17.1 Å². The van der Waals surface area contributed by atoms with Gasteiger partial charge in [0, 0.05) is 30.4 Å². The first kappa shape index (κ1) is 22.5. The van der Waals surface area contributed by atoms with Gasteiger partial charge in [-0.3, -0.25) is 13.9 Å². The molecule has 2 N–H and O–H groups in total. The Labute approximate surface area is 193 Å². The Morgan fingerprint density at radius 1 is 0.909 bits per heavy atom. The molecule has 8 heteroatoms. The van der Waals surface area contributed by atoms with Gasteiger partial charge in [0.2, 0.25) is 5.91 Å². The molecular formula is C25H25N3O4S. The van der Waals surface area contributed by atoms with Crippen molar-refractivity contribution in [3.8, 4) is 0 Å². The molecule has 0 bridgehead atoms.